The van der Waals surface area contributed by atoms with Crippen molar-refractivity contribution in [2.24, 2.45) is 0 Å². The highest BCUT2D eigenvalue weighted by Crippen LogP contribution is 2.55. The van der Waals surface area contributed by atoms with E-state index in [1.54, 1.807) is 0 Å². The summed E-state index contributed by atoms with van der Waals surface area (Å²) in [6.07, 6.45) is 3.61. The number of hydrogen-bond acceptors (Lipinski definition) is 4. The van der Waals surface area contributed by atoms with E-state index in [4.69, 9.17) is 4.74 Å². The number of rotatable bonds is 15. The fourth-order valence-corrected chi connectivity index (χ4v) is 13.1. The molecule has 0 spiro atoms. The van der Waals surface area contributed by atoms with E-state index < -0.39 is 15.2 Å². The van der Waals surface area contributed by atoms with Gasteiger partial charge in [0.15, 0.2) is 0 Å². The standard InChI is InChI=1S/C24H26O2P.C18H15P.C6H11BrO2.BrH/c1-2-26-24(25)19-12-20-27(21-13-6-3-7-14-21,22-15-8-4-9-16-22)23-17-10-5-11-18-23;1-4-10-16(11-5-1)19(17-12-6-2-7-13-17)18-14-8-3-9-15-18;1-2-9-6(8)4-3-5-7;/h3-11,13-18H,2,12,19-20H2,1H3;1-15H;2-5H2,1H3;1H/q+1;;;/p-1. The molecule has 6 aromatic rings. The summed E-state index contributed by atoms with van der Waals surface area (Å²) < 4.78 is 9.83. The van der Waals surface area contributed by atoms with Crippen LogP contribution in [-0.2, 0) is 19.1 Å². The minimum absolute atomic E-state index is 0. The lowest BCUT2D eigenvalue weighted by Crippen LogP contribution is -3.00. The average Bonchev–Trinajstić information content (AvgIpc) is 3.25. The van der Waals surface area contributed by atoms with Crippen molar-refractivity contribution in [2.45, 2.75) is 39.5 Å². The van der Waals surface area contributed by atoms with Gasteiger partial charge in [-0.15, -0.1) is 0 Å². The summed E-state index contributed by atoms with van der Waals surface area (Å²) in [6, 6.07) is 64.6. The summed E-state index contributed by atoms with van der Waals surface area (Å²) in [5.74, 6) is -0.207. The molecule has 6 rings (SSSR count). The van der Waals surface area contributed by atoms with Crippen LogP contribution in [0.15, 0.2) is 182 Å². The van der Waals surface area contributed by atoms with Gasteiger partial charge < -0.3 is 26.5 Å². The Balaban J connectivity index is 0.000000252. The molecule has 0 unspecified atom stereocenters. The lowest BCUT2D eigenvalue weighted by Gasteiger charge is -2.27. The van der Waals surface area contributed by atoms with Crippen LogP contribution in [0.1, 0.15) is 39.5 Å². The van der Waals surface area contributed by atoms with Gasteiger partial charge in [-0.1, -0.05) is 162 Å². The van der Waals surface area contributed by atoms with Crippen molar-refractivity contribution < 1.29 is 36.0 Å². The molecule has 0 aliphatic carbocycles. The van der Waals surface area contributed by atoms with Crippen LogP contribution in [0, 0.1) is 0 Å². The highest BCUT2D eigenvalue weighted by Gasteiger charge is 2.44. The lowest BCUT2D eigenvalue weighted by atomic mass is 10.3. The van der Waals surface area contributed by atoms with Crippen LogP contribution >= 0.6 is 31.1 Å². The summed E-state index contributed by atoms with van der Waals surface area (Å²) >= 11 is 3.22. The summed E-state index contributed by atoms with van der Waals surface area (Å²) in [7, 11) is -2.28. The molecule has 0 saturated carbocycles. The van der Waals surface area contributed by atoms with E-state index in [1.165, 1.54) is 31.8 Å². The van der Waals surface area contributed by atoms with E-state index in [0.717, 1.165) is 24.3 Å². The van der Waals surface area contributed by atoms with Crippen molar-refractivity contribution in [1.82, 2.24) is 0 Å². The largest absolute Gasteiger partial charge is 1.00 e. The van der Waals surface area contributed by atoms with Gasteiger partial charge in [-0.05, 0) is 86.9 Å². The molecule has 0 aromatic heterocycles. The lowest BCUT2D eigenvalue weighted by molar-refractivity contribution is -0.144. The van der Waals surface area contributed by atoms with Gasteiger partial charge >= 0.3 is 11.9 Å². The second-order valence-electron chi connectivity index (χ2n) is 12.4. The Morgan fingerprint density at radius 2 is 0.768 bits per heavy atom. The Morgan fingerprint density at radius 3 is 1.05 bits per heavy atom. The Labute approximate surface area is 355 Å². The maximum atomic E-state index is 11.9. The van der Waals surface area contributed by atoms with Gasteiger partial charge in [-0.3, -0.25) is 9.59 Å². The quantitative estimate of drug-likeness (QED) is 0.0672. The van der Waals surface area contributed by atoms with Gasteiger partial charge in [-0.2, -0.15) is 0 Å². The molecule has 0 radical (unpaired) electrons. The monoisotopic (exact) mass is 912 g/mol. The number of halogens is 2. The maximum absolute atomic E-state index is 11.9. The number of benzene rings is 6. The van der Waals surface area contributed by atoms with E-state index >= 15 is 0 Å². The Morgan fingerprint density at radius 1 is 0.482 bits per heavy atom. The number of ether oxygens (including phenoxy) is 2. The third kappa shape index (κ3) is 14.5. The summed E-state index contributed by atoms with van der Waals surface area (Å²) in [5.41, 5.74) is 0. The Hall–Kier alpha value is -3.92. The molecule has 0 bridgehead atoms. The summed E-state index contributed by atoms with van der Waals surface area (Å²) in [4.78, 5) is 22.5. The third-order valence-electron chi connectivity index (χ3n) is 8.63. The number of carbonyl (C=O) groups is 2. The number of esters is 2. The van der Waals surface area contributed by atoms with Gasteiger partial charge in [0, 0.05) is 18.2 Å². The fraction of sp³-hybridized carbons (Fsp3) is 0.208. The second kappa shape index (κ2) is 26.8. The van der Waals surface area contributed by atoms with E-state index in [9.17, 15) is 9.59 Å². The van der Waals surface area contributed by atoms with Gasteiger partial charge in [0.05, 0.1) is 19.4 Å². The van der Waals surface area contributed by atoms with Crippen molar-refractivity contribution in [3.8, 4) is 0 Å². The van der Waals surface area contributed by atoms with Crippen LogP contribution in [0.4, 0.5) is 0 Å². The molecule has 292 valence electrons. The van der Waals surface area contributed by atoms with Crippen molar-refractivity contribution in [1.29, 1.82) is 0 Å². The zero-order chi connectivity index (χ0) is 39.0. The molecule has 8 heteroatoms. The molecule has 0 N–H and O–H groups in total. The van der Waals surface area contributed by atoms with E-state index in [1.807, 2.05) is 13.8 Å². The zero-order valence-electron chi connectivity index (χ0n) is 32.3. The van der Waals surface area contributed by atoms with Crippen LogP contribution in [-0.4, -0.2) is 36.6 Å². The van der Waals surface area contributed by atoms with Gasteiger partial charge in [0.1, 0.15) is 23.2 Å². The molecule has 56 heavy (non-hydrogen) atoms. The first-order valence-corrected chi connectivity index (χ1v) is 23.3. The number of hydrogen-bond donors (Lipinski definition) is 0. The van der Waals surface area contributed by atoms with Crippen LogP contribution in [0.5, 0.6) is 0 Å². The van der Waals surface area contributed by atoms with Crippen molar-refractivity contribution in [3.05, 3.63) is 182 Å². The molecule has 0 atom stereocenters. The minimum Gasteiger partial charge on any atom is -1.00 e. The predicted molar refractivity (Wildman–Crippen MR) is 241 cm³/mol. The topological polar surface area (TPSA) is 52.6 Å². The predicted octanol–water partition coefficient (Wildman–Crippen LogP) is 6.50. The maximum Gasteiger partial charge on any atom is 0.305 e. The highest BCUT2D eigenvalue weighted by atomic mass is 79.9. The molecule has 4 nitrogen and oxygen atoms in total. The highest BCUT2D eigenvalue weighted by molar-refractivity contribution is 9.09. The summed E-state index contributed by atoms with van der Waals surface area (Å²) in [5, 5.41) is 9.12. The SMILES string of the molecule is CCOC(=O)CCCBr.CCOC(=O)CCC[P+](c1ccccc1)(c1ccccc1)c1ccccc1.[Br-].c1ccc(P(c2ccccc2)c2ccccc2)cc1. The molecule has 0 aliphatic rings. The molecule has 0 fully saturated rings. The van der Waals surface area contributed by atoms with Crippen molar-refractivity contribution in [3.63, 3.8) is 0 Å². The number of alkyl halides is 1. The van der Waals surface area contributed by atoms with Crippen molar-refractivity contribution >= 4 is 74.9 Å². The van der Waals surface area contributed by atoms with Crippen molar-refractivity contribution in [2.75, 3.05) is 24.7 Å². The van der Waals surface area contributed by atoms with E-state index in [-0.39, 0.29) is 28.9 Å². The zero-order valence-corrected chi connectivity index (χ0v) is 37.2. The van der Waals surface area contributed by atoms with Crippen LogP contribution in [0.2, 0.25) is 0 Å². The van der Waals surface area contributed by atoms with E-state index in [0.29, 0.717) is 26.1 Å². The Kier molecular flexibility index (Phi) is 22.3. The van der Waals surface area contributed by atoms with Crippen LogP contribution in [0.25, 0.3) is 0 Å². The second-order valence-corrected chi connectivity index (χ2v) is 19.0. The fourth-order valence-electron chi connectivity index (χ4n) is 6.20. The third-order valence-corrected chi connectivity index (χ3v) is 16.2. The molecule has 6 aromatic carbocycles. The van der Waals surface area contributed by atoms with Gasteiger partial charge in [0.2, 0.25) is 0 Å². The van der Waals surface area contributed by atoms with Crippen LogP contribution in [0.3, 0.4) is 0 Å². The molecular weight excluding hydrogens is 862 g/mol. The van der Waals surface area contributed by atoms with Gasteiger partial charge in [0.25, 0.3) is 0 Å². The molecular formula is C48H52Br2O4P2. The minimum atomic E-state index is -1.84. The Bertz CT molecular complexity index is 1730. The molecule has 0 saturated heterocycles. The number of carbonyl (C=O) groups excluding carboxylic acids is 2. The smallest absolute Gasteiger partial charge is 0.305 e. The first-order valence-electron chi connectivity index (χ1n) is 18.9. The summed E-state index contributed by atoms with van der Waals surface area (Å²) in [6.45, 7) is 4.59. The normalized spacial score (nSPS) is 10.4. The molecule has 0 amide bonds. The molecule has 0 heterocycles. The first-order chi connectivity index (χ1) is 27.0. The van der Waals surface area contributed by atoms with E-state index in [2.05, 4.69) is 203 Å². The average molecular weight is 915 g/mol. The van der Waals surface area contributed by atoms with Gasteiger partial charge in [-0.25, -0.2) is 0 Å². The van der Waals surface area contributed by atoms with Crippen LogP contribution < -0.4 is 48.8 Å². The first kappa shape index (κ1) is 46.5. The molecule has 0 aliphatic heterocycles.